The normalized spacial score (nSPS) is 14.6. The maximum atomic E-state index is 12.1. The predicted molar refractivity (Wildman–Crippen MR) is 139 cm³/mol. The number of carbonyl (C=O) groups is 2. The van der Waals surface area contributed by atoms with Crippen LogP contribution in [0, 0.1) is 6.92 Å². The third-order valence-corrected chi connectivity index (χ3v) is 6.34. The largest absolute Gasteiger partial charge is 0.480 e. The van der Waals surface area contributed by atoms with Gasteiger partial charge >= 0.3 is 12.1 Å². The highest BCUT2D eigenvalue weighted by Gasteiger charge is 2.25. The summed E-state index contributed by atoms with van der Waals surface area (Å²) in [4.78, 5) is 39.3. The Hall–Kier alpha value is -4.41. The number of nitrogens with two attached hydrogens (primary N) is 1. The minimum atomic E-state index is -1.21. The number of benzene rings is 1. The first kappa shape index (κ1) is 25.7. The summed E-state index contributed by atoms with van der Waals surface area (Å²) >= 11 is 0. The summed E-state index contributed by atoms with van der Waals surface area (Å²) in [5.41, 5.74) is 8.46. The maximum Gasteiger partial charge on any atom is 0.408 e. The van der Waals surface area contributed by atoms with Gasteiger partial charge < -0.3 is 31.1 Å². The number of nitrogens with one attached hydrogen (secondary N) is 2. The highest BCUT2D eigenvalue weighted by Crippen LogP contribution is 2.31. The summed E-state index contributed by atoms with van der Waals surface area (Å²) in [6, 6.07) is 13.7. The molecule has 1 saturated heterocycles. The molecule has 1 atom stereocenters. The lowest BCUT2D eigenvalue weighted by Crippen LogP contribution is -2.45. The second-order valence-electron chi connectivity index (χ2n) is 8.90. The number of nitrogens with zero attached hydrogens (tertiary/aromatic N) is 4. The first-order valence-electron chi connectivity index (χ1n) is 12.1. The first-order chi connectivity index (χ1) is 17.9. The van der Waals surface area contributed by atoms with Crippen molar-refractivity contribution in [3.63, 3.8) is 0 Å². The molecule has 5 N–H and O–H groups in total. The molecule has 11 heteroatoms. The number of nitrogen functional groups attached to an aromatic ring is 1. The number of rotatable bonds is 9. The molecule has 0 aliphatic carbocycles. The SMILES string of the molecule is Cc1c(NCC(NC(=O)OCc2ccccc2)C(=O)O)ncnc1N1CCC(c2cccc(N)n2)CC1. The molecule has 194 valence electrons. The van der Waals surface area contributed by atoms with Crippen molar-refractivity contribution in [3.8, 4) is 0 Å². The van der Waals surface area contributed by atoms with Crippen LogP contribution in [0.1, 0.15) is 35.6 Å². The minimum absolute atomic E-state index is 0.0469. The van der Waals surface area contributed by atoms with Crippen LogP contribution in [0.2, 0.25) is 0 Å². The fourth-order valence-corrected chi connectivity index (χ4v) is 4.33. The molecule has 3 aromatic rings. The molecule has 1 aliphatic heterocycles. The molecule has 0 radical (unpaired) electrons. The molecule has 11 nitrogen and oxygen atoms in total. The molecule has 1 amide bonds. The summed E-state index contributed by atoms with van der Waals surface area (Å²) in [6.07, 6.45) is 2.47. The highest BCUT2D eigenvalue weighted by molar-refractivity contribution is 5.80. The third kappa shape index (κ3) is 6.84. The van der Waals surface area contributed by atoms with Crippen molar-refractivity contribution in [2.45, 2.75) is 38.3 Å². The number of carbonyl (C=O) groups excluding carboxylic acids is 1. The van der Waals surface area contributed by atoms with Crippen molar-refractivity contribution in [1.82, 2.24) is 20.3 Å². The van der Waals surface area contributed by atoms with Crippen molar-refractivity contribution < 1.29 is 19.4 Å². The lowest BCUT2D eigenvalue weighted by Gasteiger charge is -2.33. The molecule has 1 aliphatic rings. The number of amides is 1. The molecule has 0 spiro atoms. The highest BCUT2D eigenvalue weighted by atomic mass is 16.5. The molecule has 0 saturated carbocycles. The minimum Gasteiger partial charge on any atom is -0.480 e. The van der Waals surface area contributed by atoms with E-state index < -0.39 is 18.1 Å². The summed E-state index contributed by atoms with van der Waals surface area (Å²) in [6.45, 7) is 3.46. The van der Waals surface area contributed by atoms with Crippen molar-refractivity contribution in [2.75, 3.05) is 35.6 Å². The van der Waals surface area contributed by atoms with E-state index in [4.69, 9.17) is 10.5 Å². The van der Waals surface area contributed by atoms with Crippen molar-refractivity contribution in [2.24, 2.45) is 0 Å². The Bertz CT molecular complexity index is 1220. The molecule has 0 bridgehead atoms. The number of carboxylic acid groups (broad SMARTS) is 1. The monoisotopic (exact) mass is 505 g/mol. The topological polar surface area (TPSA) is 156 Å². The van der Waals surface area contributed by atoms with Gasteiger partial charge in [-0.25, -0.2) is 24.5 Å². The van der Waals surface area contributed by atoms with Crippen LogP contribution in [0.15, 0.2) is 54.9 Å². The zero-order valence-electron chi connectivity index (χ0n) is 20.6. The van der Waals surface area contributed by atoms with Gasteiger partial charge in [0.2, 0.25) is 0 Å². The van der Waals surface area contributed by atoms with E-state index in [1.165, 1.54) is 6.33 Å². The predicted octanol–water partition coefficient (Wildman–Crippen LogP) is 2.94. The Labute approximate surface area is 215 Å². The zero-order valence-corrected chi connectivity index (χ0v) is 20.6. The number of aromatic nitrogens is 3. The number of alkyl carbamates (subject to hydrolysis) is 1. The quantitative estimate of drug-likeness (QED) is 0.341. The van der Waals surface area contributed by atoms with Crippen LogP contribution in [-0.4, -0.2) is 57.8 Å². The molecule has 1 unspecified atom stereocenters. The Balaban J connectivity index is 1.32. The average Bonchev–Trinajstić information content (AvgIpc) is 2.91. The molecule has 1 aromatic carbocycles. The van der Waals surface area contributed by atoms with Crippen LogP contribution in [0.25, 0.3) is 0 Å². The summed E-state index contributed by atoms with van der Waals surface area (Å²) in [7, 11) is 0. The first-order valence-corrected chi connectivity index (χ1v) is 12.1. The van der Waals surface area contributed by atoms with E-state index in [0.29, 0.717) is 17.6 Å². The maximum absolute atomic E-state index is 12.1. The van der Waals surface area contributed by atoms with Gasteiger partial charge in [0, 0.05) is 36.8 Å². The van der Waals surface area contributed by atoms with Crippen LogP contribution in [0.5, 0.6) is 0 Å². The van der Waals surface area contributed by atoms with Crippen LogP contribution < -0.4 is 21.3 Å². The molecular formula is C26H31N7O4. The van der Waals surface area contributed by atoms with Crippen molar-refractivity contribution >= 4 is 29.5 Å². The molecule has 2 aromatic heterocycles. The smallest absolute Gasteiger partial charge is 0.408 e. The third-order valence-electron chi connectivity index (χ3n) is 6.34. The van der Waals surface area contributed by atoms with Gasteiger partial charge in [0.15, 0.2) is 0 Å². The molecular weight excluding hydrogens is 474 g/mol. The van der Waals surface area contributed by atoms with Gasteiger partial charge in [-0.3, -0.25) is 0 Å². The van der Waals surface area contributed by atoms with Gasteiger partial charge in [-0.05, 0) is 37.5 Å². The van der Waals surface area contributed by atoms with Gasteiger partial charge in [-0.1, -0.05) is 36.4 Å². The van der Waals surface area contributed by atoms with Crippen LogP contribution in [-0.2, 0) is 16.1 Å². The van der Waals surface area contributed by atoms with E-state index in [9.17, 15) is 14.7 Å². The molecule has 4 rings (SSSR count). The second-order valence-corrected chi connectivity index (χ2v) is 8.90. The Morgan fingerprint density at radius 2 is 1.89 bits per heavy atom. The number of hydrogen-bond acceptors (Lipinski definition) is 9. The zero-order chi connectivity index (χ0) is 26.2. The van der Waals surface area contributed by atoms with E-state index in [0.717, 1.165) is 48.6 Å². The number of pyridine rings is 1. The molecule has 3 heterocycles. The number of ether oxygens (including phenoxy) is 1. The number of piperidine rings is 1. The van der Waals surface area contributed by atoms with Gasteiger partial charge in [0.25, 0.3) is 0 Å². The van der Waals surface area contributed by atoms with Crippen LogP contribution in [0.3, 0.4) is 0 Å². The standard InChI is InChI=1S/C26H31N7O4/c1-17-23(28-14-21(25(34)35)32-26(36)37-15-18-6-3-2-4-7-18)29-16-30-24(17)33-12-10-19(11-13-33)20-8-5-9-22(27)31-20/h2-9,16,19,21H,10-15H2,1H3,(H2,27,31)(H,32,36)(H,34,35)(H,28,29,30). The van der Waals surface area contributed by atoms with Gasteiger partial charge in [0.05, 0.1) is 0 Å². The van der Waals surface area contributed by atoms with Gasteiger partial charge in [-0.15, -0.1) is 0 Å². The summed E-state index contributed by atoms with van der Waals surface area (Å²) in [5.74, 6) is 0.978. The van der Waals surface area contributed by atoms with Crippen molar-refractivity contribution in [3.05, 3.63) is 71.7 Å². The van der Waals surface area contributed by atoms with Crippen molar-refractivity contribution in [1.29, 1.82) is 0 Å². The van der Waals surface area contributed by atoms with E-state index in [-0.39, 0.29) is 13.2 Å². The summed E-state index contributed by atoms with van der Waals surface area (Å²) < 4.78 is 5.15. The van der Waals surface area contributed by atoms with E-state index in [1.807, 2.05) is 49.4 Å². The lowest BCUT2D eigenvalue weighted by molar-refractivity contribution is -0.139. The van der Waals surface area contributed by atoms with Gasteiger partial charge in [-0.2, -0.15) is 0 Å². The fourth-order valence-electron chi connectivity index (χ4n) is 4.33. The van der Waals surface area contributed by atoms with E-state index in [1.54, 1.807) is 6.07 Å². The van der Waals surface area contributed by atoms with Crippen LogP contribution >= 0.6 is 0 Å². The fraction of sp³-hybridized carbons (Fsp3) is 0.346. The molecule has 1 fully saturated rings. The van der Waals surface area contributed by atoms with E-state index in [2.05, 4.69) is 30.5 Å². The van der Waals surface area contributed by atoms with Gasteiger partial charge in [0.1, 0.15) is 36.4 Å². The Morgan fingerprint density at radius 1 is 1.14 bits per heavy atom. The molecule has 37 heavy (non-hydrogen) atoms. The average molecular weight is 506 g/mol. The lowest BCUT2D eigenvalue weighted by atomic mass is 9.93. The Morgan fingerprint density at radius 3 is 2.59 bits per heavy atom. The Kier molecular flexibility index (Phi) is 8.34. The second kappa shape index (κ2) is 12.0. The number of hydrogen-bond donors (Lipinski definition) is 4. The number of aliphatic carboxylic acids is 1. The number of carboxylic acids is 1. The number of anilines is 3. The van der Waals surface area contributed by atoms with E-state index >= 15 is 0 Å². The summed E-state index contributed by atoms with van der Waals surface area (Å²) in [5, 5.41) is 15.0. The van der Waals surface area contributed by atoms with Crippen LogP contribution in [0.4, 0.5) is 22.2 Å².